The highest BCUT2D eigenvalue weighted by Gasteiger charge is 2.26. The van der Waals surface area contributed by atoms with Gasteiger partial charge in [-0.25, -0.2) is 8.42 Å². The van der Waals surface area contributed by atoms with Crippen molar-refractivity contribution in [2.45, 2.75) is 11.4 Å². The minimum atomic E-state index is -3.88. The van der Waals surface area contributed by atoms with E-state index < -0.39 is 10.0 Å². The van der Waals surface area contributed by atoms with Gasteiger partial charge in [0.05, 0.1) is 31.3 Å². The summed E-state index contributed by atoms with van der Waals surface area (Å²) in [5.41, 5.74) is 1.11. The van der Waals surface area contributed by atoms with Crippen LogP contribution in [-0.2, 0) is 16.6 Å². The van der Waals surface area contributed by atoms with Gasteiger partial charge in [0, 0.05) is 10.0 Å². The lowest BCUT2D eigenvalue weighted by Gasteiger charge is -2.25. The summed E-state index contributed by atoms with van der Waals surface area (Å²) in [7, 11) is -0.805. The molecule has 0 aliphatic rings. The molecule has 0 atom stereocenters. The van der Waals surface area contributed by atoms with Crippen LogP contribution >= 0.6 is 23.2 Å². The SMILES string of the molecule is COc1ccc(N(Cc2ccc(Cl)cc2Cl)S(=O)(=O)c2ccc(OC)cc2)cc1. The fraction of sp³-hybridized carbons (Fsp3) is 0.143. The van der Waals surface area contributed by atoms with Gasteiger partial charge in [-0.1, -0.05) is 29.3 Å². The van der Waals surface area contributed by atoms with Crippen LogP contribution in [-0.4, -0.2) is 22.6 Å². The number of anilines is 1. The normalized spacial score (nSPS) is 11.2. The Hall–Kier alpha value is -2.41. The van der Waals surface area contributed by atoms with Crippen LogP contribution < -0.4 is 13.8 Å². The van der Waals surface area contributed by atoms with Crippen molar-refractivity contribution in [1.29, 1.82) is 0 Å². The fourth-order valence-corrected chi connectivity index (χ4v) is 4.65. The quantitative estimate of drug-likeness (QED) is 0.481. The molecular formula is C21H19Cl2NO4S. The van der Waals surface area contributed by atoms with Crippen molar-refractivity contribution < 1.29 is 17.9 Å². The first kappa shape index (κ1) is 21.3. The molecule has 0 aliphatic carbocycles. The van der Waals surface area contributed by atoms with Crippen molar-refractivity contribution in [3.63, 3.8) is 0 Å². The number of hydrogen-bond donors (Lipinski definition) is 0. The predicted octanol–water partition coefficient (Wildman–Crippen LogP) is 5.41. The molecule has 0 saturated heterocycles. The number of hydrogen-bond acceptors (Lipinski definition) is 4. The monoisotopic (exact) mass is 451 g/mol. The Labute approximate surface area is 180 Å². The highest BCUT2D eigenvalue weighted by molar-refractivity contribution is 7.92. The highest BCUT2D eigenvalue weighted by atomic mass is 35.5. The highest BCUT2D eigenvalue weighted by Crippen LogP contribution is 2.31. The third-order valence-corrected chi connectivity index (χ3v) is 6.71. The lowest BCUT2D eigenvalue weighted by Crippen LogP contribution is -2.30. The molecule has 3 rings (SSSR count). The van der Waals surface area contributed by atoms with Gasteiger partial charge in [-0.3, -0.25) is 4.31 Å². The Kier molecular flexibility index (Phi) is 6.57. The van der Waals surface area contributed by atoms with Gasteiger partial charge in [-0.05, 0) is 66.2 Å². The minimum absolute atomic E-state index is 0.0384. The third-order valence-electron chi connectivity index (χ3n) is 4.34. The molecule has 152 valence electrons. The Morgan fingerprint density at radius 2 is 1.38 bits per heavy atom. The van der Waals surface area contributed by atoms with E-state index in [9.17, 15) is 8.42 Å². The molecule has 0 spiro atoms. The van der Waals surface area contributed by atoms with E-state index in [1.54, 1.807) is 61.7 Å². The molecule has 0 unspecified atom stereocenters. The van der Waals surface area contributed by atoms with Crippen LogP contribution in [0.25, 0.3) is 0 Å². The van der Waals surface area contributed by atoms with E-state index in [-0.39, 0.29) is 11.4 Å². The van der Waals surface area contributed by atoms with Crippen LogP contribution in [0.5, 0.6) is 11.5 Å². The van der Waals surface area contributed by atoms with E-state index in [0.29, 0.717) is 32.8 Å². The van der Waals surface area contributed by atoms with Crippen molar-refractivity contribution in [3.05, 3.63) is 82.3 Å². The first-order valence-electron chi connectivity index (χ1n) is 8.60. The lowest BCUT2D eigenvalue weighted by molar-refractivity contribution is 0.414. The molecule has 0 heterocycles. The number of methoxy groups -OCH3 is 2. The van der Waals surface area contributed by atoms with Gasteiger partial charge in [0.1, 0.15) is 11.5 Å². The van der Waals surface area contributed by atoms with Gasteiger partial charge < -0.3 is 9.47 Å². The molecule has 0 aromatic heterocycles. The van der Waals surface area contributed by atoms with E-state index in [1.165, 1.54) is 23.5 Å². The minimum Gasteiger partial charge on any atom is -0.497 e. The number of rotatable bonds is 7. The molecule has 0 radical (unpaired) electrons. The van der Waals surface area contributed by atoms with Gasteiger partial charge in [0.2, 0.25) is 0 Å². The van der Waals surface area contributed by atoms with Crippen molar-refractivity contribution in [1.82, 2.24) is 0 Å². The molecule has 0 aliphatic heterocycles. The van der Waals surface area contributed by atoms with Crippen LogP contribution in [0.4, 0.5) is 5.69 Å². The molecule has 0 fully saturated rings. The first-order chi connectivity index (χ1) is 13.8. The molecule has 0 N–H and O–H groups in total. The summed E-state index contributed by atoms with van der Waals surface area (Å²) in [6, 6.07) is 18.0. The standard InChI is InChI=1S/C21H19Cl2NO4S/c1-27-18-7-5-17(6-8-18)24(14-15-3-4-16(22)13-21(15)23)29(25,26)20-11-9-19(28-2)10-12-20/h3-13H,14H2,1-2H3. The number of benzene rings is 3. The second-order valence-corrected chi connectivity index (χ2v) is 8.83. The van der Waals surface area contributed by atoms with E-state index >= 15 is 0 Å². The first-order valence-corrected chi connectivity index (χ1v) is 10.8. The molecule has 3 aromatic rings. The number of nitrogens with zero attached hydrogens (tertiary/aromatic N) is 1. The van der Waals surface area contributed by atoms with Crippen LogP contribution in [0.2, 0.25) is 10.0 Å². The summed E-state index contributed by atoms with van der Waals surface area (Å²) in [6.07, 6.45) is 0. The zero-order valence-corrected chi connectivity index (χ0v) is 18.1. The largest absolute Gasteiger partial charge is 0.497 e. The van der Waals surface area contributed by atoms with Crippen LogP contribution in [0, 0.1) is 0 Å². The lowest BCUT2D eigenvalue weighted by atomic mass is 10.2. The van der Waals surface area contributed by atoms with Gasteiger partial charge in [0.25, 0.3) is 10.0 Å². The molecule has 0 bridgehead atoms. The zero-order chi connectivity index (χ0) is 21.0. The van der Waals surface area contributed by atoms with Crippen molar-refractivity contribution in [2.75, 3.05) is 18.5 Å². The molecule has 0 amide bonds. The van der Waals surface area contributed by atoms with E-state index in [1.807, 2.05) is 0 Å². The summed E-state index contributed by atoms with van der Waals surface area (Å²) >= 11 is 12.3. The second kappa shape index (κ2) is 8.95. The van der Waals surface area contributed by atoms with E-state index in [4.69, 9.17) is 32.7 Å². The molecular weight excluding hydrogens is 433 g/mol. The average molecular weight is 452 g/mol. The van der Waals surface area contributed by atoms with Gasteiger partial charge >= 0.3 is 0 Å². The Bertz CT molecular complexity index is 1080. The Morgan fingerprint density at radius 1 is 0.828 bits per heavy atom. The Morgan fingerprint density at radius 3 is 1.90 bits per heavy atom. The van der Waals surface area contributed by atoms with Crippen molar-refractivity contribution in [3.8, 4) is 11.5 Å². The summed E-state index contributed by atoms with van der Waals surface area (Å²) in [6.45, 7) is 0.0384. The van der Waals surface area contributed by atoms with Gasteiger partial charge in [-0.2, -0.15) is 0 Å². The van der Waals surface area contributed by atoms with E-state index in [2.05, 4.69) is 0 Å². The van der Waals surface area contributed by atoms with Crippen molar-refractivity contribution >= 4 is 38.9 Å². The summed E-state index contributed by atoms with van der Waals surface area (Å²) < 4.78 is 38.5. The zero-order valence-electron chi connectivity index (χ0n) is 15.8. The van der Waals surface area contributed by atoms with Gasteiger partial charge in [-0.15, -0.1) is 0 Å². The maximum atomic E-state index is 13.5. The van der Waals surface area contributed by atoms with Gasteiger partial charge in [0.15, 0.2) is 0 Å². The molecule has 0 saturated carbocycles. The van der Waals surface area contributed by atoms with Crippen LogP contribution in [0.15, 0.2) is 71.6 Å². The summed E-state index contributed by atoms with van der Waals surface area (Å²) in [5.74, 6) is 1.20. The third kappa shape index (κ3) is 4.78. The van der Waals surface area contributed by atoms with Crippen LogP contribution in [0.3, 0.4) is 0 Å². The molecule has 5 nitrogen and oxygen atoms in total. The van der Waals surface area contributed by atoms with Crippen molar-refractivity contribution in [2.24, 2.45) is 0 Å². The predicted molar refractivity (Wildman–Crippen MR) is 116 cm³/mol. The second-order valence-electron chi connectivity index (χ2n) is 6.12. The number of sulfonamides is 1. The molecule has 29 heavy (non-hydrogen) atoms. The summed E-state index contributed by atoms with van der Waals surface area (Å²) in [4.78, 5) is 0.138. The molecule has 3 aromatic carbocycles. The summed E-state index contributed by atoms with van der Waals surface area (Å²) in [5, 5.41) is 0.869. The molecule has 8 heteroatoms. The number of halogens is 2. The maximum absolute atomic E-state index is 13.5. The maximum Gasteiger partial charge on any atom is 0.264 e. The topological polar surface area (TPSA) is 55.8 Å². The van der Waals surface area contributed by atoms with Crippen LogP contribution in [0.1, 0.15) is 5.56 Å². The van der Waals surface area contributed by atoms with E-state index in [0.717, 1.165) is 0 Å². The number of ether oxygens (including phenoxy) is 2. The smallest absolute Gasteiger partial charge is 0.264 e. The average Bonchev–Trinajstić information content (AvgIpc) is 2.73. The Balaban J connectivity index is 2.07. The fourth-order valence-electron chi connectivity index (χ4n) is 2.74.